The molecule has 1 aliphatic rings. The Balaban J connectivity index is 1.08. The smallest absolute Gasteiger partial charge is 0.0555 e. The van der Waals surface area contributed by atoms with Crippen LogP contribution in [-0.2, 0) is 0 Å². The minimum Gasteiger partial charge on any atom is -0.309 e. The van der Waals surface area contributed by atoms with Crippen LogP contribution in [0.25, 0.3) is 91.5 Å². The molecule has 12 rings (SSSR count). The van der Waals surface area contributed by atoms with Crippen molar-refractivity contribution in [3.8, 4) is 27.9 Å². The second kappa shape index (κ2) is 11.0. The molecule has 0 saturated carbocycles. The number of fused-ring (bicyclic) bond motifs is 12. The van der Waals surface area contributed by atoms with Gasteiger partial charge in [0.25, 0.3) is 0 Å². The van der Waals surface area contributed by atoms with Crippen LogP contribution >= 0.6 is 11.3 Å². The summed E-state index contributed by atoms with van der Waals surface area (Å²) in [4.78, 5) is 0. The number of aromatic nitrogens is 1. The zero-order valence-electron chi connectivity index (χ0n) is 28.8. The first-order chi connectivity index (χ1) is 26.3. The van der Waals surface area contributed by atoms with Crippen LogP contribution in [0.5, 0.6) is 0 Å². The Labute approximate surface area is 310 Å². The topological polar surface area (TPSA) is 4.93 Å². The van der Waals surface area contributed by atoms with Gasteiger partial charge in [-0.1, -0.05) is 140 Å². The molecular formula is C51H31NS. The minimum atomic E-state index is 0.212. The van der Waals surface area contributed by atoms with Crippen molar-refractivity contribution < 1.29 is 0 Å². The molecule has 1 unspecified atom stereocenters. The maximum atomic E-state index is 2.47. The molecule has 0 N–H and O–H groups in total. The maximum Gasteiger partial charge on any atom is 0.0555 e. The summed E-state index contributed by atoms with van der Waals surface area (Å²) < 4.78 is 5.15. The predicted octanol–water partition coefficient (Wildman–Crippen LogP) is 14.3. The second-order valence-corrected chi connectivity index (χ2v) is 15.5. The van der Waals surface area contributed by atoms with E-state index in [1.807, 2.05) is 11.3 Å². The van der Waals surface area contributed by atoms with E-state index in [0.717, 1.165) is 0 Å². The van der Waals surface area contributed by atoms with Crippen molar-refractivity contribution in [3.05, 3.63) is 199 Å². The third kappa shape index (κ3) is 4.24. The summed E-state index contributed by atoms with van der Waals surface area (Å²) in [6.07, 6.45) is 0. The van der Waals surface area contributed by atoms with Gasteiger partial charge in [-0.15, -0.1) is 11.3 Å². The molecule has 9 aromatic carbocycles. The van der Waals surface area contributed by atoms with Crippen LogP contribution in [0.2, 0.25) is 0 Å². The SMILES string of the molecule is c1ccc2c(c1)-c1cc(-c3ccc4c(c3)c3c5sc6ccccc6c5ccc3n4-c3ccc4ccccc4c3)ccc1C2c1ccc2ccccc2c1. The van der Waals surface area contributed by atoms with Crippen molar-refractivity contribution >= 4 is 74.9 Å². The normalized spacial score (nSPS) is 13.8. The van der Waals surface area contributed by atoms with Crippen LogP contribution in [0.1, 0.15) is 22.6 Å². The quantitative estimate of drug-likeness (QED) is 0.174. The Morgan fingerprint density at radius 2 is 1.09 bits per heavy atom. The van der Waals surface area contributed by atoms with Gasteiger partial charge >= 0.3 is 0 Å². The van der Waals surface area contributed by atoms with Crippen LogP contribution in [-0.4, -0.2) is 4.57 Å². The van der Waals surface area contributed by atoms with E-state index in [1.54, 1.807) is 0 Å². The highest BCUT2D eigenvalue weighted by atomic mass is 32.1. The van der Waals surface area contributed by atoms with E-state index >= 15 is 0 Å². The fraction of sp³-hybridized carbons (Fsp3) is 0.0196. The Morgan fingerprint density at radius 3 is 1.98 bits per heavy atom. The monoisotopic (exact) mass is 689 g/mol. The average molecular weight is 690 g/mol. The Morgan fingerprint density at radius 1 is 0.415 bits per heavy atom. The van der Waals surface area contributed by atoms with Gasteiger partial charge in [0.2, 0.25) is 0 Å². The van der Waals surface area contributed by atoms with Crippen LogP contribution < -0.4 is 0 Å². The van der Waals surface area contributed by atoms with Crippen molar-refractivity contribution in [1.29, 1.82) is 0 Å². The van der Waals surface area contributed by atoms with Crippen molar-refractivity contribution in [3.63, 3.8) is 0 Å². The van der Waals surface area contributed by atoms with E-state index in [-0.39, 0.29) is 5.92 Å². The lowest BCUT2D eigenvalue weighted by atomic mass is 9.87. The molecule has 0 aliphatic heterocycles. The number of rotatable bonds is 3. The first kappa shape index (κ1) is 29.1. The molecule has 0 amide bonds. The molecule has 0 radical (unpaired) electrons. The molecule has 1 aliphatic carbocycles. The number of hydrogen-bond donors (Lipinski definition) is 0. The highest BCUT2D eigenvalue weighted by Crippen LogP contribution is 2.50. The van der Waals surface area contributed by atoms with E-state index in [1.165, 1.54) is 108 Å². The van der Waals surface area contributed by atoms with Crippen LogP contribution in [0, 0.1) is 0 Å². The van der Waals surface area contributed by atoms with Gasteiger partial charge in [-0.05, 0) is 103 Å². The number of hydrogen-bond acceptors (Lipinski definition) is 1. The van der Waals surface area contributed by atoms with Crippen LogP contribution in [0.3, 0.4) is 0 Å². The van der Waals surface area contributed by atoms with Crippen molar-refractivity contribution in [2.45, 2.75) is 5.92 Å². The maximum absolute atomic E-state index is 2.47. The summed E-state index contributed by atoms with van der Waals surface area (Å²) in [5, 5.41) is 10.4. The molecular weight excluding hydrogens is 659 g/mol. The van der Waals surface area contributed by atoms with Crippen molar-refractivity contribution in [2.75, 3.05) is 0 Å². The molecule has 1 nitrogen and oxygen atoms in total. The van der Waals surface area contributed by atoms with Crippen LogP contribution in [0.15, 0.2) is 182 Å². The number of benzene rings is 9. The third-order valence-corrected chi connectivity index (χ3v) is 12.8. The van der Waals surface area contributed by atoms with Gasteiger partial charge in [0.1, 0.15) is 0 Å². The summed E-state index contributed by atoms with van der Waals surface area (Å²) in [6, 6.07) is 67.9. The highest BCUT2D eigenvalue weighted by molar-refractivity contribution is 7.26. The van der Waals surface area contributed by atoms with Gasteiger partial charge in [-0.2, -0.15) is 0 Å². The van der Waals surface area contributed by atoms with E-state index in [9.17, 15) is 0 Å². The Kier molecular flexibility index (Phi) is 6.05. The van der Waals surface area contributed by atoms with Crippen molar-refractivity contribution in [2.24, 2.45) is 0 Å². The lowest BCUT2D eigenvalue weighted by molar-refractivity contribution is 1.02. The Hall–Kier alpha value is -6.48. The highest BCUT2D eigenvalue weighted by Gasteiger charge is 2.30. The minimum absolute atomic E-state index is 0.212. The summed E-state index contributed by atoms with van der Waals surface area (Å²) in [5.74, 6) is 0.212. The third-order valence-electron chi connectivity index (χ3n) is 11.6. The summed E-state index contributed by atoms with van der Waals surface area (Å²) >= 11 is 1.91. The fourth-order valence-electron chi connectivity index (χ4n) is 9.19. The number of thiophene rings is 1. The van der Waals surface area contributed by atoms with Gasteiger partial charge in [-0.25, -0.2) is 0 Å². The molecule has 246 valence electrons. The predicted molar refractivity (Wildman–Crippen MR) is 227 cm³/mol. The van der Waals surface area contributed by atoms with E-state index in [4.69, 9.17) is 0 Å². The van der Waals surface area contributed by atoms with E-state index < -0.39 is 0 Å². The molecule has 0 fully saturated rings. The summed E-state index contributed by atoms with van der Waals surface area (Å²) in [5.41, 5.74) is 12.9. The van der Waals surface area contributed by atoms with Gasteiger partial charge in [-0.3, -0.25) is 0 Å². The Bertz CT molecular complexity index is 3300. The first-order valence-corrected chi connectivity index (χ1v) is 19.2. The molecule has 11 aromatic rings. The lowest BCUT2D eigenvalue weighted by Crippen LogP contribution is -1.99. The largest absolute Gasteiger partial charge is 0.309 e. The summed E-state index contributed by atoms with van der Waals surface area (Å²) in [6.45, 7) is 0. The number of nitrogens with zero attached hydrogens (tertiary/aromatic N) is 1. The van der Waals surface area contributed by atoms with Crippen molar-refractivity contribution in [1.82, 2.24) is 4.57 Å². The molecule has 53 heavy (non-hydrogen) atoms. The zero-order valence-corrected chi connectivity index (χ0v) is 29.6. The average Bonchev–Trinajstić information content (AvgIpc) is 3.87. The molecule has 2 heteroatoms. The zero-order chi connectivity index (χ0) is 34.6. The van der Waals surface area contributed by atoms with Gasteiger partial charge in [0.05, 0.1) is 11.0 Å². The first-order valence-electron chi connectivity index (χ1n) is 18.4. The molecule has 2 aromatic heterocycles. The van der Waals surface area contributed by atoms with Gasteiger partial charge < -0.3 is 4.57 Å². The molecule has 1 atom stereocenters. The van der Waals surface area contributed by atoms with Gasteiger partial charge in [0.15, 0.2) is 0 Å². The standard InChI is InChI=1S/C51H31NS/c1-3-11-33-27-37(18-17-31(33)9-1)49-41-15-6-5-13-39(41)44-29-35(20-23-42(44)49)36-21-25-46-45(30-36)50-47(26-24-43-40-14-7-8-16-48(40)53-51(43)50)52(46)38-22-19-32-10-2-4-12-34(32)28-38/h1-30,49H. The lowest BCUT2D eigenvalue weighted by Gasteiger charge is -2.16. The van der Waals surface area contributed by atoms with Gasteiger partial charge in [0, 0.05) is 42.6 Å². The summed E-state index contributed by atoms with van der Waals surface area (Å²) in [7, 11) is 0. The molecule has 0 saturated heterocycles. The van der Waals surface area contributed by atoms with Crippen LogP contribution in [0.4, 0.5) is 0 Å². The molecule has 0 bridgehead atoms. The fourth-order valence-corrected chi connectivity index (χ4v) is 10.4. The second-order valence-electron chi connectivity index (χ2n) is 14.5. The molecule has 0 spiro atoms. The van der Waals surface area contributed by atoms with E-state index in [0.29, 0.717) is 0 Å². The van der Waals surface area contributed by atoms with E-state index in [2.05, 4.69) is 187 Å². The molecule has 2 heterocycles.